The Morgan fingerprint density at radius 1 is 1.36 bits per heavy atom. The Bertz CT molecular complexity index is 746. The van der Waals surface area contributed by atoms with Crippen molar-refractivity contribution in [2.24, 2.45) is 11.7 Å². The minimum atomic E-state index is -0.0785. The van der Waals surface area contributed by atoms with Crippen molar-refractivity contribution in [3.05, 3.63) is 23.5 Å². The molecule has 1 fully saturated rings. The molecule has 25 heavy (non-hydrogen) atoms. The first-order valence-electron chi connectivity index (χ1n) is 9.37. The van der Waals surface area contributed by atoms with Crippen molar-refractivity contribution < 1.29 is 4.79 Å². The van der Waals surface area contributed by atoms with Gasteiger partial charge in [-0.3, -0.25) is 4.79 Å². The van der Waals surface area contributed by atoms with Crippen LogP contribution in [0.2, 0.25) is 0 Å². The van der Waals surface area contributed by atoms with Crippen LogP contribution in [-0.4, -0.2) is 33.3 Å². The minimum absolute atomic E-state index is 0.0429. The van der Waals surface area contributed by atoms with E-state index in [-0.39, 0.29) is 18.0 Å². The van der Waals surface area contributed by atoms with E-state index in [1.807, 2.05) is 17.7 Å². The molecule has 0 aromatic carbocycles. The standard InChI is InChI=1S/C19H29N5O/c1-12(2)24-18-15(11-21-24)9-16(13(3)22-18)19(25)23-17(10-20)14-7-5-4-6-8-14/h9,11-12,14,17H,4-8,10,20H2,1-3H3,(H,23,25). The van der Waals surface area contributed by atoms with E-state index in [9.17, 15) is 4.79 Å². The molecule has 2 aromatic heterocycles. The second kappa shape index (κ2) is 7.52. The molecule has 2 heterocycles. The summed E-state index contributed by atoms with van der Waals surface area (Å²) in [6.45, 7) is 6.50. The summed E-state index contributed by atoms with van der Waals surface area (Å²) >= 11 is 0. The topological polar surface area (TPSA) is 85.8 Å². The molecule has 6 heteroatoms. The molecule has 0 bridgehead atoms. The average Bonchev–Trinajstić information content (AvgIpc) is 3.02. The van der Waals surface area contributed by atoms with E-state index in [0.29, 0.717) is 18.0 Å². The fourth-order valence-electron chi connectivity index (χ4n) is 3.83. The summed E-state index contributed by atoms with van der Waals surface area (Å²) in [6.07, 6.45) is 7.84. The van der Waals surface area contributed by atoms with Gasteiger partial charge in [-0.25, -0.2) is 9.67 Å². The molecule has 136 valence electrons. The lowest BCUT2D eigenvalue weighted by Crippen LogP contribution is -2.46. The largest absolute Gasteiger partial charge is 0.348 e. The van der Waals surface area contributed by atoms with E-state index < -0.39 is 0 Å². The van der Waals surface area contributed by atoms with E-state index in [1.165, 1.54) is 19.3 Å². The number of hydrogen-bond donors (Lipinski definition) is 2. The Kier molecular flexibility index (Phi) is 5.37. The maximum atomic E-state index is 12.8. The van der Waals surface area contributed by atoms with Crippen LogP contribution in [0.25, 0.3) is 11.0 Å². The van der Waals surface area contributed by atoms with E-state index in [0.717, 1.165) is 29.6 Å². The van der Waals surface area contributed by atoms with Gasteiger partial charge >= 0.3 is 0 Å². The smallest absolute Gasteiger partial charge is 0.253 e. The van der Waals surface area contributed by atoms with E-state index >= 15 is 0 Å². The first-order valence-corrected chi connectivity index (χ1v) is 9.37. The highest BCUT2D eigenvalue weighted by Crippen LogP contribution is 2.26. The normalized spacial score (nSPS) is 17.2. The summed E-state index contributed by atoms with van der Waals surface area (Å²) in [5.74, 6) is 0.411. The number of pyridine rings is 1. The zero-order valence-corrected chi connectivity index (χ0v) is 15.5. The van der Waals surface area contributed by atoms with Crippen LogP contribution in [0.3, 0.4) is 0 Å². The highest BCUT2D eigenvalue weighted by molar-refractivity contribution is 5.98. The lowest BCUT2D eigenvalue weighted by Gasteiger charge is -2.30. The highest BCUT2D eigenvalue weighted by atomic mass is 16.1. The predicted octanol–water partition coefficient (Wildman–Crippen LogP) is 2.96. The maximum absolute atomic E-state index is 12.8. The van der Waals surface area contributed by atoms with Crippen LogP contribution >= 0.6 is 0 Å². The Hall–Kier alpha value is -1.95. The van der Waals surface area contributed by atoms with Crippen molar-refractivity contribution in [1.29, 1.82) is 0 Å². The molecule has 0 aliphatic heterocycles. The number of fused-ring (bicyclic) bond motifs is 1. The molecule has 0 radical (unpaired) electrons. The number of nitrogens with two attached hydrogens (primary N) is 1. The number of nitrogens with zero attached hydrogens (tertiary/aromatic N) is 3. The van der Waals surface area contributed by atoms with E-state index in [2.05, 4.69) is 29.2 Å². The first kappa shape index (κ1) is 17.9. The molecule has 2 aromatic rings. The van der Waals surface area contributed by atoms with E-state index in [4.69, 9.17) is 5.73 Å². The fourth-order valence-corrected chi connectivity index (χ4v) is 3.83. The summed E-state index contributed by atoms with van der Waals surface area (Å²) < 4.78 is 1.88. The third kappa shape index (κ3) is 3.68. The lowest BCUT2D eigenvalue weighted by molar-refractivity contribution is 0.0914. The van der Waals surface area contributed by atoms with Crippen molar-refractivity contribution in [3.63, 3.8) is 0 Å². The number of aromatic nitrogens is 3. The van der Waals surface area contributed by atoms with Gasteiger partial charge in [0.25, 0.3) is 5.91 Å². The van der Waals surface area contributed by atoms with Crippen LogP contribution in [0.15, 0.2) is 12.3 Å². The van der Waals surface area contributed by atoms with Gasteiger partial charge in [0, 0.05) is 24.0 Å². The third-order valence-electron chi connectivity index (χ3n) is 5.28. The molecule has 3 N–H and O–H groups in total. The summed E-state index contributed by atoms with van der Waals surface area (Å²) in [5, 5.41) is 8.44. The van der Waals surface area contributed by atoms with Crippen LogP contribution in [0.5, 0.6) is 0 Å². The Morgan fingerprint density at radius 2 is 2.08 bits per heavy atom. The molecule has 1 amide bonds. The van der Waals surface area contributed by atoms with Gasteiger partial charge in [-0.15, -0.1) is 0 Å². The molecule has 1 aliphatic carbocycles. The monoisotopic (exact) mass is 343 g/mol. The molecule has 1 atom stereocenters. The van der Waals surface area contributed by atoms with Crippen LogP contribution < -0.4 is 11.1 Å². The quantitative estimate of drug-likeness (QED) is 0.874. The number of rotatable bonds is 5. The van der Waals surface area contributed by atoms with Gasteiger partial charge < -0.3 is 11.1 Å². The molecular formula is C19H29N5O. The van der Waals surface area contributed by atoms with Crippen LogP contribution in [-0.2, 0) is 0 Å². The van der Waals surface area contributed by atoms with Crippen molar-refractivity contribution in [3.8, 4) is 0 Å². The highest BCUT2D eigenvalue weighted by Gasteiger charge is 2.25. The van der Waals surface area contributed by atoms with E-state index in [1.54, 1.807) is 6.20 Å². The minimum Gasteiger partial charge on any atom is -0.348 e. The summed E-state index contributed by atoms with van der Waals surface area (Å²) in [6, 6.07) is 2.17. The van der Waals surface area contributed by atoms with Gasteiger partial charge in [0.15, 0.2) is 5.65 Å². The van der Waals surface area contributed by atoms with Gasteiger partial charge in [0.05, 0.1) is 17.5 Å². The van der Waals surface area contributed by atoms with Gasteiger partial charge in [-0.2, -0.15) is 5.10 Å². The zero-order chi connectivity index (χ0) is 18.0. The van der Waals surface area contributed by atoms with Gasteiger partial charge in [0.2, 0.25) is 0 Å². The number of carbonyl (C=O) groups is 1. The lowest BCUT2D eigenvalue weighted by atomic mass is 9.84. The second-order valence-electron chi connectivity index (χ2n) is 7.43. The number of amides is 1. The van der Waals surface area contributed by atoms with Crippen molar-refractivity contribution in [2.45, 2.75) is 65.0 Å². The average molecular weight is 343 g/mol. The second-order valence-corrected chi connectivity index (χ2v) is 7.43. The van der Waals surface area contributed by atoms with Gasteiger partial charge in [-0.05, 0) is 45.6 Å². The summed E-state index contributed by atoms with van der Waals surface area (Å²) in [7, 11) is 0. The fraction of sp³-hybridized carbons (Fsp3) is 0.632. The summed E-state index contributed by atoms with van der Waals surface area (Å²) in [5.41, 5.74) is 8.12. The third-order valence-corrected chi connectivity index (χ3v) is 5.28. The van der Waals surface area contributed by atoms with Crippen LogP contribution in [0, 0.1) is 12.8 Å². The first-order chi connectivity index (χ1) is 12.0. The zero-order valence-electron chi connectivity index (χ0n) is 15.5. The SMILES string of the molecule is Cc1nc2c(cnn2C(C)C)cc1C(=O)NC(CN)C1CCCCC1. The van der Waals surface area contributed by atoms with Crippen molar-refractivity contribution in [1.82, 2.24) is 20.1 Å². The van der Waals surface area contributed by atoms with Gasteiger partial charge in [-0.1, -0.05) is 19.3 Å². The molecule has 1 unspecified atom stereocenters. The predicted molar refractivity (Wildman–Crippen MR) is 99.5 cm³/mol. The number of carbonyl (C=O) groups excluding carboxylic acids is 1. The maximum Gasteiger partial charge on any atom is 0.253 e. The number of hydrogen-bond acceptors (Lipinski definition) is 4. The van der Waals surface area contributed by atoms with Crippen molar-refractivity contribution in [2.75, 3.05) is 6.54 Å². The summed E-state index contributed by atoms with van der Waals surface area (Å²) in [4.78, 5) is 17.5. The van der Waals surface area contributed by atoms with Crippen LogP contribution in [0.4, 0.5) is 0 Å². The Labute approximate surface area is 149 Å². The molecule has 6 nitrogen and oxygen atoms in total. The Morgan fingerprint density at radius 3 is 2.72 bits per heavy atom. The molecular weight excluding hydrogens is 314 g/mol. The van der Waals surface area contributed by atoms with Crippen molar-refractivity contribution >= 4 is 16.9 Å². The number of aryl methyl sites for hydroxylation is 1. The molecule has 1 saturated carbocycles. The van der Waals surface area contributed by atoms with Crippen LogP contribution in [0.1, 0.15) is 68.0 Å². The Balaban J connectivity index is 1.82. The molecule has 1 aliphatic rings. The van der Waals surface area contributed by atoms with Gasteiger partial charge in [0.1, 0.15) is 0 Å². The molecule has 0 spiro atoms. The molecule has 0 saturated heterocycles. The molecule has 3 rings (SSSR count). The number of nitrogens with one attached hydrogen (secondary N) is 1.